The Labute approximate surface area is 171 Å². The van der Waals surface area contributed by atoms with Crippen molar-refractivity contribution in [1.29, 1.82) is 0 Å². The molecule has 0 rings (SSSR count). The summed E-state index contributed by atoms with van der Waals surface area (Å²) < 4.78 is 33.7. The number of ether oxygens (including phenoxy) is 2. The molecule has 0 aliphatic carbocycles. The molecule has 0 aromatic heterocycles. The van der Waals surface area contributed by atoms with Crippen molar-refractivity contribution in [3.05, 3.63) is 0 Å². The molecule has 7 nitrogen and oxygen atoms in total. The molecular weight excluding hydrogens is 411 g/mol. The highest BCUT2D eigenvalue weighted by Gasteiger charge is 2.30. The third-order valence-corrected chi connectivity index (χ3v) is 6.38. The van der Waals surface area contributed by atoms with E-state index in [2.05, 4.69) is 0 Å². The van der Waals surface area contributed by atoms with Gasteiger partial charge in [-0.05, 0) is 65.5 Å². The number of hydrogen-bond acceptors (Lipinski definition) is 9. The molecule has 0 spiro atoms. The highest BCUT2D eigenvalue weighted by atomic mass is 32.2. The summed E-state index contributed by atoms with van der Waals surface area (Å²) >= 11 is 6.17. The third-order valence-electron chi connectivity index (χ3n) is 3.02. The maximum absolute atomic E-state index is 12.4. The zero-order valence-electron chi connectivity index (χ0n) is 16.9. The molecule has 0 aliphatic heterocycles. The van der Waals surface area contributed by atoms with Crippen LogP contribution in [0.4, 0.5) is 0 Å². The van der Waals surface area contributed by atoms with Crippen LogP contribution >= 0.6 is 31.6 Å². The molecule has 0 aromatic rings. The lowest BCUT2D eigenvalue weighted by molar-refractivity contribution is -0.154. The first-order chi connectivity index (χ1) is 12.5. The first-order valence-corrected chi connectivity index (χ1v) is 11.9. The molecule has 0 saturated carbocycles. The highest BCUT2D eigenvalue weighted by molar-refractivity contribution is 8.22. The second-order valence-electron chi connectivity index (χ2n) is 6.57. The molecule has 0 amide bonds. The lowest BCUT2D eigenvalue weighted by Crippen LogP contribution is -2.28. The van der Waals surface area contributed by atoms with Gasteiger partial charge in [0.1, 0.15) is 11.9 Å². The van der Waals surface area contributed by atoms with Crippen LogP contribution in [0.2, 0.25) is 0 Å². The van der Waals surface area contributed by atoms with Gasteiger partial charge in [0.25, 0.3) is 0 Å². The van der Waals surface area contributed by atoms with Crippen molar-refractivity contribution >= 4 is 47.7 Å². The van der Waals surface area contributed by atoms with Crippen LogP contribution in [0, 0.1) is 5.41 Å². The van der Waals surface area contributed by atoms with E-state index in [9.17, 15) is 14.2 Å². The number of ketones is 1. The van der Waals surface area contributed by atoms with Crippen LogP contribution in [-0.2, 0) is 32.7 Å². The summed E-state index contributed by atoms with van der Waals surface area (Å²) in [5.74, 6) is -0.693. The van der Waals surface area contributed by atoms with Crippen molar-refractivity contribution in [2.24, 2.45) is 5.41 Å². The molecule has 0 radical (unpaired) electrons. The summed E-state index contributed by atoms with van der Waals surface area (Å²) in [7, 11) is -3.44. The Kier molecular flexibility index (Phi) is 12.7. The normalized spacial score (nSPS) is 13.1. The predicted molar refractivity (Wildman–Crippen MR) is 111 cm³/mol. The minimum absolute atomic E-state index is 0.0496. The van der Waals surface area contributed by atoms with E-state index >= 15 is 0 Å². The minimum atomic E-state index is -3.44. The van der Waals surface area contributed by atoms with Gasteiger partial charge in [-0.3, -0.25) is 14.2 Å². The molecule has 0 saturated heterocycles. The zero-order chi connectivity index (χ0) is 21.1. The fourth-order valence-electron chi connectivity index (χ4n) is 1.79. The summed E-state index contributed by atoms with van der Waals surface area (Å²) in [6.45, 7) is 11.2. The van der Waals surface area contributed by atoms with Crippen molar-refractivity contribution in [3.63, 3.8) is 0 Å². The average Bonchev–Trinajstić information content (AvgIpc) is 2.52. The SMILES string of the molecule is CCOC(=S)SC(CCC(=O)CP(=O)(OCC)OCC)OC(=O)C(C)(C)C. The minimum Gasteiger partial charge on any atom is -0.479 e. The Bertz CT molecular complexity index is 536. The molecule has 1 atom stereocenters. The van der Waals surface area contributed by atoms with Gasteiger partial charge in [0.05, 0.1) is 25.2 Å². The van der Waals surface area contributed by atoms with Crippen LogP contribution in [0.15, 0.2) is 0 Å². The number of hydrogen-bond donors (Lipinski definition) is 0. The third kappa shape index (κ3) is 11.9. The second kappa shape index (κ2) is 12.9. The lowest BCUT2D eigenvalue weighted by atomic mass is 9.97. The fraction of sp³-hybridized carbons (Fsp3) is 0.824. The fourth-order valence-corrected chi connectivity index (χ4v) is 4.64. The molecule has 27 heavy (non-hydrogen) atoms. The van der Waals surface area contributed by atoms with E-state index in [1.54, 1.807) is 41.5 Å². The van der Waals surface area contributed by atoms with Crippen molar-refractivity contribution in [1.82, 2.24) is 0 Å². The molecule has 0 fully saturated rings. The Morgan fingerprint density at radius 2 is 1.63 bits per heavy atom. The number of carbonyl (C=O) groups is 2. The van der Waals surface area contributed by atoms with Gasteiger partial charge in [-0.15, -0.1) is 0 Å². The van der Waals surface area contributed by atoms with Gasteiger partial charge in [-0.1, -0.05) is 0 Å². The first-order valence-electron chi connectivity index (χ1n) is 8.91. The Morgan fingerprint density at radius 1 is 1.07 bits per heavy atom. The van der Waals surface area contributed by atoms with Crippen LogP contribution in [0.1, 0.15) is 54.4 Å². The predicted octanol–water partition coefficient (Wildman–Crippen LogP) is 4.57. The van der Waals surface area contributed by atoms with Gasteiger partial charge in [0, 0.05) is 12.8 Å². The number of thiocarbonyl (C=S) groups is 1. The van der Waals surface area contributed by atoms with Crippen molar-refractivity contribution < 1.29 is 32.7 Å². The monoisotopic (exact) mass is 442 g/mol. The van der Waals surface area contributed by atoms with Crippen molar-refractivity contribution in [3.8, 4) is 0 Å². The molecule has 10 heteroatoms. The number of Topliss-reactive ketones (excluding diaryl/α,β-unsaturated/α-hetero) is 1. The standard InChI is InChI=1S/C17H31O7PS2/c1-7-21-16(26)27-14(24-15(19)17(4,5)6)11-10-13(18)12-25(20,22-8-2)23-9-3/h14H,7-12H2,1-6H3. The highest BCUT2D eigenvalue weighted by Crippen LogP contribution is 2.48. The largest absolute Gasteiger partial charge is 0.479 e. The van der Waals surface area contributed by atoms with E-state index < -0.39 is 24.4 Å². The van der Waals surface area contributed by atoms with E-state index in [4.69, 9.17) is 30.7 Å². The zero-order valence-corrected chi connectivity index (χ0v) is 19.5. The number of thioether (sulfide) groups is 1. The maximum Gasteiger partial charge on any atom is 0.338 e. The van der Waals surface area contributed by atoms with Crippen LogP contribution in [-0.4, -0.2) is 47.6 Å². The Hall–Kier alpha value is -0.470. The molecule has 0 aliphatic rings. The molecule has 0 aromatic carbocycles. The van der Waals surface area contributed by atoms with Crippen molar-refractivity contribution in [2.75, 3.05) is 26.0 Å². The van der Waals surface area contributed by atoms with Gasteiger partial charge in [0.15, 0.2) is 5.44 Å². The van der Waals surface area contributed by atoms with E-state index in [0.29, 0.717) is 6.61 Å². The number of carbonyl (C=O) groups excluding carboxylic acids is 2. The summed E-state index contributed by atoms with van der Waals surface area (Å²) in [4.78, 5) is 24.4. The Morgan fingerprint density at radius 3 is 2.07 bits per heavy atom. The van der Waals surface area contributed by atoms with Gasteiger partial charge < -0.3 is 18.5 Å². The molecule has 0 N–H and O–H groups in total. The van der Waals surface area contributed by atoms with Crippen LogP contribution in [0.3, 0.4) is 0 Å². The van der Waals surface area contributed by atoms with E-state index in [-0.39, 0.29) is 42.4 Å². The molecule has 1 unspecified atom stereocenters. The van der Waals surface area contributed by atoms with Crippen LogP contribution in [0.25, 0.3) is 0 Å². The van der Waals surface area contributed by atoms with E-state index in [0.717, 1.165) is 11.8 Å². The number of esters is 1. The summed E-state index contributed by atoms with van der Waals surface area (Å²) in [6.07, 6.45) is -0.0417. The van der Waals surface area contributed by atoms with Crippen LogP contribution in [0.5, 0.6) is 0 Å². The van der Waals surface area contributed by atoms with Gasteiger partial charge in [-0.2, -0.15) is 0 Å². The molecule has 158 valence electrons. The van der Waals surface area contributed by atoms with Gasteiger partial charge >= 0.3 is 13.6 Å². The van der Waals surface area contributed by atoms with Gasteiger partial charge in [0.2, 0.25) is 4.38 Å². The van der Waals surface area contributed by atoms with E-state index in [1.807, 2.05) is 0 Å². The summed E-state index contributed by atoms with van der Waals surface area (Å²) in [6, 6.07) is 0. The quantitative estimate of drug-likeness (QED) is 0.187. The average molecular weight is 443 g/mol. The summed E-state index contributed by atoms with van der Waals surface area (Å²) in [5, 5.41) is 0. The lowest BCUT2D eigenvalue weighted by Gasteiger charge is -2.23. The van der Waals surface area contributed by atoms with Crippen molar-refractivity contribution in [2.45, 2.75) is 59.8 Å². The Balaban J connectivity index is 4.90. The maximum atomic E-state index is 12.4. The molecule has 0 bridgehead atoms. The number of rotatable bonds is 12. The second-order valence-corrected chi connectivity index (χ2v) is 10.4. The van der Waals surface area contributed by atoms with Gasteiger partial charge in [-0.25, -0.2) is 0 Å². The van der Waals surface area contributed by atoms with Crippen LogP contribution < -0.4 is 0 Å². The van der Waals surface area contributed by atoms with E-state index in [1.165, 1.54) is 0 Å². The topological polar surface area (TPSA) is 88.1 Å². The smallest absolute Gasteiger partial charge is 0.338 e. The molecular formula is C17H31O7PS2. The summed E-state index contributed by atoms with van der Waals surface area (Å²) in [5.41, 5.74) is -1.35. The molecule has 0 heterocycles. The first kappa shape index (κ1) is 26.5.